The van der Waals surface area contributed by atoms with Crippen LogP contribution in [0, 0.1) is 11.8 Å². The molecule has 5 heteroatoms. The molecule has 1 amide bonds. The van der Waals surface area contributed by atoms with Gasteiger partial charge in [-0.3, -0.25) is 4.79 Å². The Bertz CT molecular complexity index is 520. The van der Waals surface area contributed by atoms with Gasteiger partial charge in [-0.1, -0.05) is 23.4 Å². The minimum Gasteiger partial charge on any atom is -0.385 e. The van der Waals surface area contributed by atoms with Crippen LogP contribution in [0.5, 0.6) is 0 Å². The third kappa shape index (κ3) is 4.86. The van der Waals surface area contributed by atoms with Gasteiger partial charge in [-0.2, -0.15) is 0 Å². The number of nitrogens with zero attached hydrogens (tertiary/aromatic N) is 1. The maximum atomic E-state index is 12.2. The number of carbonyl (C=O) groups excluding carboxylic acids is 1. The second-order valence-electron chi connectivity index (χ2n) is 4.23. The molecule has 0 aliphatic carbocycles. The molecule has 0 saturated carbocycles. The second-order valence-corrected chi connectivity index (χ2v) is 4.63. The first kappa shape index (κ1) is 16.5. The van der Waals surface area contributed by atoms with Crippen molar-refractivity contribution in [2.24, 2.45) is 0 Å². The zero-order valence-corrected chi connectivity index (χ0v) is 12.4. The molecule has 108 valence electrons. The summed E-state index contributed by atoms with van der Waals surface area (Å²) in [7, 11) is 3.37. The summed E-state index contributed by atoms with van der Waals surface area (Å²) >= 11 is 6.07. The number of aliphatic hydroxyl groups excluding tert-OH is 1. The number of halogens is 1. The summed E-state index contributed by atoms with van der Waals surface area (Å²) < 4.78 is 4.96. The van der Waals surface area contributed by atoms with Crippen molar-refractivity contribution in [2.45, 2.75) is 6.42 Å². The highest BCUT2D eigenvalue weighted by Crippen LogP contribution is 2.18. The van der Waals surface area contributed by atoms with Crippen molar-refractivity contribution in [1.82, 2.24) is 4.90 Å². The molecule has 0 spiro atoms. The van der Waals surface area contributed by atoms with Crippen molar-refractivity contribution in [3.63, 3.8) is 0 Å². The number of hydrogen-bond acceptors (Lipinski definition) is 3. The van der Waals surface area contributed by atoms with Gasteiger partial charge in [-0.05, 0) is 24.6 Å². The van der Waals surface area contributed by atoms with Crippen LogP contribution in [0.1, 0.15) is 22.3 Å². The van der Waals surface area contributed by atoms with Crippen LogP contribution in [-0.2, 0) is 4.74 Å². The van der Waals surface area contributed by atoms with Gasteiger partial charge < -0.3 is 14.7 Å². The molecular weight excluding hydrogens is 278 g/mol. The Morgan fingerprint density at radius 1 is 1.50 bits per heavy atom. The van der Waals surface area contributed by atoms with E-state index in [0.29, 0.717) is 29.3 Å². The van der Waals surface area contributed by atoms with E-state index in [2.05, 4.69) is 11.8 Å². The first-order valence-electron chi connectivity index (χ1n) is 6.23. The molecule has 1 aromatic rings. The largest absolute Gasteiger partial charge is 0.385 e. The van der Waals surface area contributed by atoms with E-state index in [1.807, 2.05) is 0 Å². The van der Waals surface area contributed by atoms with E-state index >= 15 is 0 Å². The molecule has 1 rings (SSSR count). The standard InChI is InChI=1S/C15H18ClNO3/c1-17(8-4-10-20-2)15(19)13-7-6-12(5-3-9-18)14(16)11-13/h6-7,11,18H,4,8-10H2,1-2H3. The van der Waals surface area contributed by atoms with Crippen LogP contribution in [0.15, 0.2) is 18.2 Å². The average molecular weight is 296 g/mol. The minimum absolute atomic E-state index is 0.0929. The van der Waals surface area contributed by atoms with Gasteiger partial charge in [0, 0.05) is 38.4 Å². The molecule has 1 aromatic carbocycles. The Morgan fingerprint density at radius 2 is 2.25 bits per heavy atom. The number of aliphatic hydroxyl groups is 1. The zero-order chi connectivity index (χ0) is 15.0. The molecule has 0 aromatic heterocycles. The number of hydrogen-bond donors (Lipinski definition) is 1. The Morgan fingerprint density at radius 3 is 2.85 bits per heavy atom. The number of benzene rings is 1. The highest BCUT2D eigenvalue weighted by molar-refractivity contribution is 6.32. The van der Waals surface area contributed by atoms with E-state index in [1.54, 1.807) is 37.3 Å². The van der Waals surface area contributed by atoms with E-state index in [0.717, 1.165) is 6.42 Å². The van der Waals surface area contributed by atoms with Crippen molar-refractivity contribution >= 4 is 17.5 Å². The fourth-order valence-corrected chi connectivity index (χ4v) is 1.88. The maximum Gasteiger partial charge on any atom is 0.253 e. The Labute approximate surface area is 124 Å². The first-order valence-corrected chi connectivity index (χ1v) is 6.61. The topological polar surface area (TPSA) is 49.8 Å². The van der Waals surface area contributed by atoms with Crippen molar-refractivity contribution < 1.29 is 14.6 Å². The molecule has 0 saturated heterocycles. The highest BCUT2D eigenvalue weighted by atomic mass is 35.5. The summed E-state index contributed by atoms with van der Waals surface area (Å²) in [6, 6.07) is 4.96. The SMILES string of the molecule is COCCCN(C)C(=O)c1ccc(C#CCO)c(Cl)c1. The van der Waals surface area contributed by atoms with E-state index in [9.17, 15) is 4.79 Å². The molecule has 4 nitrogen and oxygen atoms in total. The summed E-state index contributed by atoms with van der Waals surface area (Å²) in [5, 5.41) is 9.05. The third-order valence-electron chi connectivity index (χ3n) is 2.71. The summed E-state index contributed by atoms with van der Waals surface area (Å²) in [6.45, 7) is 1.02. The van der Waals surface area contributed by atoms with Gasteiger partial charge in [-0.25, -0.2) is 0 Å². The van der Waals surface area contributed by atoms with Crippen LogP contribution in [0.25, 0.3) is 0 Å². The quantitative estimate of drug-likeness (QED) is 0.665. The summed E-state index contributed by atoms with van der Waals surface area (Å²) in [5.74, 6) is 5.16. The smallest absolute Gasteiger partial charge is 0.253 e. The lowest BCUT2D eigenvalue weighted by Gasteiger charge is -2.17. The van der Waals surface area contributed by atoms with E-state index in [-0.39, 0.29) is 12.5 Å². The van der Waals surface area contributed by atoms with Crippen LogP contribution >= 0.6 is 11.6 Å². The molecule has 0 bridgehead atoms. The number of rotatable bonds is 5. The summed E-state index contributed by atoms with van der Waals surface area (Å²) in [6.07, 6.45) is 0.784. The third-order valence-corrected chi connectivity index (χ3v) is 3.02. The fourth-order valence-electron chi connectivity index (χ4n) is 1.65. The molecule has 1 N–H and O–H groups in total. The number of ether oxygens (including phenoxy) is 1. The lowest BCUT2D eigenvalue weighted by Crippen LogP contribution is -2.28. The minimum atomic E-state index is -0.223. The van der Waals surface area contributed by atoms with Crippen molar-refractivity contribution in [3.05, 3.63) is 34.3 Å². The molecule has 0 radical (unpaired) electrons. The number of carbonyl (C=O) groups is 1. The molecule has 0 fully saturated rings. The average Bonchev–Trinajstić information content (AvgIpc) is 2.45. The molecule has 0 atom stereocenters. The highest BCUT2D eigenvalue weighted by Gasteiger charge is 2.12. The van der Waals surface area contributed by atoms with Gasteiger partial charge in [0.25, 0.3) is 5.91 Å². The van der Waals surface area contributed by atoms with Crippen LogP contribution in [0.2, 0.25) is 5.02 Å². The number of methoxy groups -OCH3 is 1. The van der Waals surface area contributed by atoms with Crippen molar-refractivity contribution in [2.75, 3.05) is 33.9 Å². The maximum absolute atomic E-state index is 12.2. The van der Waals surface area contributed by atoms with Crippen LogP contribution < -0.4 is 0 Å². The zero-order valence-electron chi connectivity index (χ0n) is 11.6. The van der Waals surface area contributed by atoms with Gasteiger partial charge in [0.05, 0.1) is 5.02 Å². The normalized spacial score (nSPS) is 9.80. The van der Waals surface area contributed by atoms with Gasteiger partial charge in [-0.15, -0.1) is 0 Å². The Kier molecular flexibility index (Phi) is 7.10. The van der Waals surface area contributed by atoms with Crippen LogP contribution in [0.3, 0.4) is 0 Å². The predicted octanol–water partition coefficient (Wildman–Crippen LogP) is 1.79. The van der Waals surface area contributed by atoms with Crippen LogP contribution in [0.4, 0.5) is 0 Å². The lowest BCUT2D eigenvalue weighted by molar-refractivity contribution is 0.0779. The lowest BCUT2D eigenvalue weighted by atomic mass is 10.1. The summed E-state index contributed by atoms with van der Waals surface area (Å²) in [4.78, 5) is 13.8. The van der Waals surface area contributed by atoms with E-state index < -0.39 is 0 Å². The molecule has 0 heterocycles. The van der Waals surface area contributed by atoms with E-state index in [4.69, 9.17) is 21.4 Å². The predicted molar refractivity (Wildman–Crippen MR) is 78.9 cm³/mol. The van der Waals surface area contributed by atoms with Gasteiger partial charge in [0.1, 0.15) is 6.61 Å². The summed E-state index contributed by atoms with van der Waals surface area (Å²) in [5.41, 5.74) is 1.11. The first-order chi connectivity index (χ1) is 9.60. The second kappa shape index (κ2) is 8.60. The molecule has 0 unspecified atom stereocenters. The van der Waals surface area contributed by atoms with Gasteiger partial charge in [0.15, 0.2) is 0 Å². The molecular formula is C15H18ClNO3. The monoisotopic (exact) mass is 295 g/mol. The van der Waals surface area contributed by atoms with E-state index in [1.165, 1.54) is 0 Å². The molecule has 20 heavy (non-hydrogen) atoms. The fraction of sp³-hybridized carbons (Fsp3) is 0.400. The molecule has 0 aliphatic rings. The van der Waals surface area contributed by atoms with Gasteiger partial charge >= 0.3 is 0 Å². The Hall–Kier alpha value is -1.54. The van der Waals surface area contributed by atoms with Crippen LogP contribution in [-0.4, -0.2) is 49.8 Å². The molecule has 0 aliphatic heterocycles. The van der Waals surface area contributed by atoms with Crippen molar-refractivity contribution in [3.8, 4) is 11.8 Å². The Balaban J connectivity index is 2.76. The number of amides is 1. The van der Waals surface area contributed by atoms with Crippen molar-refractivity contribution in [1.29, 1.82) is 0 Å². The van der Waals surface area contributed by atoms with Gasteiger partial charge in [0.2, 0.25) is 0 Å².